The average Bonchev–Trinajstić information content (AvgIpc) is 3.39. The molecule has 0 spiro atoms. The number of aryl methyl sites for hydroxylation is 1. The molecule has 5 aromatic rings. The SMILES string of the molecule is COc1cccc(OC)c1-n1c(NS(=O)(=O)[C@@H](C)[C@H](OC)c2ncc(C)cn2)nnc1-c1ccnc2ccccc12. The number of ether oxygens (including phenoxy) is 3. The van der Waals surface area contributed by atoms with Crippen molar-refractivity contribution >= 4 is 26.9 Å². The average molecular weight is 576 g/mol. The first-order valence-electron chi connectivity index (χ1n) is 12.6. The lowest BCUT2D eigenvalue weighted by Crippen LogP contribution is -2.33. The van der Waals surface area contributed by atoms with Crippen LogP contribution < -0.4 is 14.2 Å². The summed E-state index contributed by atoms with van der Waals surface area (Å²) in [6, 6.07) is 14.6. The summed E-state index contributed by atoms with van der Waals surface area (Å²) in [5.74, 6) is 1.35. The second kappa shape index (κ2) is 11.5. The molecule has 212 valence electrons. The Labute approximate surface area is 237 Å². The van der Waals surface area contributed by atoms with Crippen LogP contribution in [0.3, 0.4) is 0 Å². The summed E-state index contributed by atoms with van der Waals surface area (Å²) >= 11 is 0. The number of benzene rings is 2. The molecule has 3 aromatic heterocycles. The second-order valence-electron chi connectivity index (χ2n) is 9.20. The molecule has 0 saturated heterocycles. The van der Waals surface area contributed by atoms with E-state index in [1.807, 2.05) is 31.2 Å². The third-order valence-corrected chi connectivity index (χ3v) is 8.33. The Morgan fingerprint density at radius 1 is 0.878 bits per heavy atom. The molecule has 0 radical (unpaired) electrons. The normalized spacial score (nSPS) is 13.1. The topological polar surface area (TPSA) is 143 Å². The summed E-state index contributed by atoms with van der Waals surface area (Å²) in [7, 11) is 0.305. The molecule has 2 aromatic carbocycles. The number of methoxy groups -OCH3 is 3. The number of fused-ring (bicyclic) bond motifs is 1. The first kappa shape index (κ1) is 27.9. The summed E-state index contributed by atoms with van der Waals surface area (Å²) in [5.41, 5.74) is 2.67. The van der Waals surface area contributed by atoms with Gasteiger partial charge in [-0.1, -0.05) is 24.3 Å². The summed E-state index contributed by atoms with van der Waals surface area (Å²) < 4.78 is 48.6. The maximum atomic E-state index is 13.8. The highest BCUT2D eigenvalue weighted by molar-refractivity contribution is 7.93. The Balaban J connectivity index is 1.68. The Hall–Kier alpha value is -4.62. The van der Waals surface area contributed by atoms with Crippen LogP contribution >= 0.6 is 0 Å². The fourth-order valence-corrected chi connectivity index (χ4v) is 5.65. The van der Waals surface area contributed by atoms with Crippen molar-refractivity contribution in [1.29, 1.82) is 0 Å². The van der Waals surface area contributed by atoms with Gasteiger partial charge in [0.1, 0.15) is 28.5 Å². The van der Waals surface area contributed by atoms with E-state index >= 15 is 0 Å². The molecular weight excluding hydrogens is 546 g/mol. The molecule has 41 heavy (non-hydrogen) atoms. The summed E-state index contributed by atoms with van der Waals surface area (Å²) in [5, 5.41) is 8.41. The van der Waals surface area contributed by atoms with Gasteiger partial charge in [-0.15, -0.1) is 10.2 Å². The predicted molar refractivity (Wildman–Crippen MR) is 154 cm³/mol. The number of nitrogens with one attached hydrogen (secondary N) is 1. The van der Waals surface area contributed by atoms with Gasteiger partial charge in [0.25, 0.3) is 0 Å². The first-order chi connectivity index (χ1) is 19.8. The minimum atomic E-state index is -4.14. The molecule has 13 heteroatoms. The van der Waals surface area contributed by atoms with E-state index < -0.39 is 21.4 Å². The molecule has 12 nitrogen and oxygen atoms in total. The summed E-state index contributed by atoms with van der Waals surface area (Å²) in [6.07, 6.45) is 3.93. The fourth-order valence-electron chi connectivity index (χ4n) is 4.52. The third-order valence-electron chi connectivity index (χ3n) is 6.64. The van der Waals surface area contributed by atoms with Crippen molar-refractivity contribution in [3.05, 3.63) is 78.5 Å². The van der Waals surface area contributed by atoms with Crippen LogP contribution in [-0.2, 0) is 14.8 Å². The molecule has 2 atom stereocenters. The van der Waals surface area contributed by atoms with Crippen LogP contribution in [0.15, 0.2) is 67.1 Å². The van der Waals surface area contributed by atoms with Gasteiger partial charge < -0.3 is 14.2 Å². The van der Waals surface area contributed by atoms with Crippen molar-refractivity contribution in [2.24, 2.45) is 0 Å². The van der Waals surface area contributed by atoms with Gasteiger partial charge in [-0.3, -0.25) is 14.3 Å². The van der Waals surface area contributed by atoms with Gasteiger partial charge in [-0.25, -0.2) is 18.4 Å². The number of nitrogens with zero attached hydrogens (tertiary/aromatic N) is 6. The van der Waals surface area contributed by atoms with Gasteiger partial charge in [-0.2, -0.15) is 0 Å². The molecule has 0 aliphatic carbocycles. The highest BCUT2D eigenvalue weighted by Crippen LogP contribution is 2.39. The molecular formula is C28H29N7O5S. The highest BCUT2D eigenvalue weighted by atomic mass is 32.2. The number of anilines is 1. The van der Waals surface area contributed by atoms with Crippen LogP contribution in [0, 0.1) is 6.92 Å². The number of hydrogen-bond donors (Lipinski definition) is 1. The van der Waals surface area contributed by atoms with Crippen LogP contribution in [-0.4, -0.2) is 64.7 Å². The Bertz CT molecular complexity index is 1760. The van der Waals surface area contributed by atoms with Crippen LogP contribution in [0.5, 0.6) is 11.5 Å². The van der Waals surface area contributed by atoms with Crippen LogP contribution in [0.25, 0.3) is 28.0 Å². The molecule has 0 saturated carbocycles. The maximum absolute atomic E-state index is 13.8. The Kier molecular flexibility index (Phi) is 7.81. The van der Waals surface area contributed by atoms with E-state index in [1.165, 1.54) is 28.3 Å². The zero-order valence-corrected chi connectivity index (χ0v) is 24.0. The molecule has 0 unspecified atom stereocenters. The van der Waals surface area contributed by atoms with Crippen molar-refractivity contribution < 1.29 is 22.6 Å². The standard InChI is InChI=1S/C28H29N7O5S/c1-17-15-30-26(31-16-17)25(40-5)18(2)41(36,37)34-28-33-32-27(20-13-14-29-21-10-7-6-9-19(20)21)35(28)24-22(38-3)11-8-12-23(24)39-4/h6-16,18,25H,1-5H3,(H,33,34)/t18-,25-/m0/s1. The highest BCUT2D eigenvalue weighted by Gasteiger charge is 2.35. The molecule has 0 amide bonds. The zero-order valence-electron chi connectivity index (χ0n) is 23.1. The van der Waals surface area contributed by atoms with Gasteiger partial charge in [0.15, 0.2) is 11.6 Å². The van der Waals surface area contributed by atoms with E-state index in [0.717, 1.165) is 16.5 Å². The van der Waals surface area contributed by atoms with Gasteiger partial charge in [0, 0.05) is 36.7 Å². The first-order valence-corrected chi connectivity index (χ1v) is 14.2. The molecule has 0 bridgehead atoms. The van der Waals surface area contributed by atoms with Gasteiger partial charge in [0.05, 0.1) is 19.7 Å². The summed E-state index contributed by atoms with van der Waals surface area (Å²) in [4.78, 5) is 13.0. The van der Waals surface area contributed by atoms with E-state index in [1.54, 1.807) is 47.4 Å². The quantitative estimate of drug-likeness (QED) is 0.258. The number of sulfonamides is 1. The minimum Gasteiger partial charge on any atom is -0.494 e. The van der Waals surface area contributed by atoms with Crippen LogP contribution in [0.1, 0.15) is 24.4 Å². The number of aromatic nitrogens is 6. The van der Waals surface area contributed by atoms with E-state index in [9.17, 15) is 8.42 Å². The lowest BCUT2D eigenvalue weighted by molar-refractivity contribution is 0.0949. The van der Waals surface area contributed by atoms with E-state index in [0.29, 0.717) is 28.6 Å². The van der Waals surface area contributed by atoms with Gasteiger partial charge in [0.2, 0.25) is 16.0 Å². The van der Waals surface area contributed by atoms with Crippen molar-refractivity contribution in [3.8, 4) is 28.6 Å². The molecule has 0 fully saturated rings. The smallest absolute Gasteiger partial charge is 0.243 e. The minimum absolute atomic E-state index is 0.0739. The molecule has 1 N–H and O–H groups in total. The molecule has 5 rings (SSSR count). The maximum Gasteiger partial charge on any atom is 0.243 e. The molecule has 0 aliphatic heterocycles. The van der Waals surface area contributed by atoms with Crippen LogP contribution in [0.2, 0.25) is 0 Å². The van der Waals surface area contributed by atoms with E-state index in [4.69, 9.17) is 14.2 Å². The summed E-state index contributed by atoms with van der Waals surface area (Å²) in [6.45, 7) is 3.36. The lowest BCUT2D eigenvalue weighted by Gasteiger charge is -2.23. The largest absolute Gasteiger partial charge is 0.494 e. The fraction of sp³-hybridized carbons (Fsp3) is 0.250. The molecule has 0 aliphatic rings. The number of rotatable bonds is 10. The van der Waals surface area contributed by atoms with Crippen molar-refractivity contribution in [2.75, 3.05) is 26.1 Å². The van der Waals surface area contributed by atoms with Crippen molar-refractivity contribution in [3.63, 3.8) is 0 Å². The lowest BCUT2D eigenvalue weighted by atomic mass is 10.1. The van der Waals surface area contributed by atoms with Crippen LogP contribution in [0.4, 0.5) is 5.95 Å². The Morgan fingerprint density at radius 2 is 1.56 bits per heavy atom. The van der Waals surface area contributed by atoms with Gasteiger partial charge >= 0.3 is 0 Å². The van der Waals surface area contributed by atoms with E-state index in [-0.39, 0.29) is 11.8 Å². The molecule has 3 heterocycles. The van der Waals surface area contributed by atoms with Gasteiger partial charge in [-0.05, 0) is 43.7 Å². The van der Waals surface area contributed by atoms with Crippen molar-refractivity contribution in [2.45, 2.75) is 25.2 Å². The predicted octanol–water partition coefficient (Wildman–Crippen LogP) is 4.12. The number of para-hydroxylation sites is 2. The third kappa shape index (κ3) is 5.28. The zero-order chi connectivity index (χ0) is 29.1. The van der Waals surface area contributed by atoms with E-state index in [2.05, 4.69) is 29.9 Å². The van der Waals surface area contributed by atoms with Crippen molar-refractivity contribution in [1.82, 2.24) is 29.7 Å². The number of pyridine rings is 1. The Morgan fingerprint density at radius 3 is 2.22 bits per heavy atom. The number of hydrogen-bond acceptors (Lipinski definition) is 10. The monoisotopic (exact) mass is 575 g/mol. The second-order valence-corrected chi connectivity index (χ2v) is 11.2.